The Hall–Kier alpha value is -1.67. The molecule has 0 amide bonds. The average Bonchev–Trinajstić information content (AvgIpc) is 2.95. The Morgan fingerprint density at radius 3 is 2.64 bits per heavy atom. The van der Waals surface area contributed by atoms with Gasteiger partial charge in [-0.15, -0.1) is 11.3 Å². The molecule has 0 fully saturated rings. The first kappa shape index (κ1) is 21.0. The minimum Gasteiger partial charge on any atom is -0.383 e. The van der Waals surface area contributed by atoms with Gasteiger partial charge in [0.15, 0.2) is 10.9 Å². The van der Waals surface area contributed by atoms with Crippen molar-refractivity contribution in [2.45, 2.75) is 37.7 Å². The number of Topliss-reactive ketones (excluding diaryl/α,β-unsaturated/α-hetero) is 1. The number of carbonyl (C=O) groups excluding carboxylic acids is 1. The van der Waals surface area contributed by atoms with Gasteiger partial charge in [-0.05, 0) is 50.6 Å². The molecule has 3 aromatic rings. The molecule has 3 rings (SSSR count). The molecule has 28 heavy (non-hydrogen) atoms. The molecule has 1 unspecified atom stereocenters. The third kappa shape index (κ3) is 4.17. The maximum atomic E-state index is 13.1. The molecule has 1 aromatic carbocycles. The van der Waals surface area contributed by atoms with Gasteiger partial charge in [0, 0.05) is 22.6 Å². The van der Waals surface area contributed by atoms with Crippen molar-refractivity contribution in [3.8, 4) is 0 Å². The fourth-order valence-electron chi connectivity index (χ4n) is 2.84. The summed E-state index contributed by atoms with van der Waals surface area (Å²) in [5.74, 6) is -0.0344. The van der Waals surface area contributed by atoms with Gasteiger partial charge in [-0.1, -0.05) is 23.4 Å². The smallest absolute Gasteiger partial charge is 0.263 e. The van der Waals surface area contributed by atoms with Gasteiger partial charge < -0.3 is 4.74 Å². The Labute approximate surface area is 176 Å². The van der Waals surface area contributed by atoms with Crippen LogP contribution in [-0.2, 0) is 11.3 Å². The minimum absolute atomic E-state index is 0.0344. The molecule has 0 saturated carbocycles. The van der Waals surface area contributed by atoms with Gasteiger partial charge in [-0.25, -0.2) is 4.98 Å². The van der Waals surface area contributed by atoms with Crippen molar-refractivity contribution in [1.82, 2.24) is 9.55 Å². The van der Waals surface area contributed by atoms with Gasteiger partial charge in [-0.2, -0.15) is 0 Å². The lowest BCUT2D eigenvalue weighted by Gasteiger charge is -2.15. The fourth-order valence-corrected chi connectivity index (χ4v) is 5.05. The monoisotopic (exact) mass is 436 g/mol. The van der Waals surface area contributed by atoms with E-state index in [0.717, 1.165) is 10.4 Å². The molecule has 148 valence electrons. The molecule has 5 nitrogen and oxygen atoms in total. The molecule has 0 N–H and O–H groups in total. The van der Waals surface area contributed by atoms with Gasteiger partial charge in [0.25, 0.3) is 5.56 Å². The molecular weight excluding hydrogens is 416 g/mol. The van der Waals surface area contributed by atoms with Crippen molar-refractivity contribution >= 4 is 50.7 Å². The molecular formula is C20H21ClN2O3S2. The Kier molecular flexibility index (Phi) is 6.60. The first-order valence-electron chi connectivity index (χ1n) is 8.79. The summed E-state index contributed by atoms with van der Waals surface area (Å²) in [5.41, 5.74) is 1.46. The largest absolute Gasteiger partial charge is 0.383 e. The Morgan fingerprint density at radius 1 is 1.32 bits per heavy atom. The highest BCUT2D eigenvalue weighted by atomic mass is 35.5. The summed E-state index contributed by atoms with van der Waals surface area (Å²) in [6.07, 6.45) is 0. The van der Waals surface area contributed by atoms with E-state index in [1.165, 1.54) is 23.1 Å². The Bertz CT molecular complexity index is 1070. The van der Waals surface area contributed by atoms with Crippen molar-refractivity contribution in [3.05, 3.63) is 55.6 Å². The van der Waals surface area contributed by atoms with E-state index < -0.39 is 5.25 Å². The van der Waals surface area contributed by atoms with Crippen molar-refractivity contribution < 1.29 is 9.53 Å². The lowest BCUT2D eigenvalue weighted by Crippen LogP contribution is -2.26. The van der Waals surface area contributed by atoms with E-state index in [0.29, 0.717) is 39.1 Å². The third-order valence-electron chi connectivity index (χ3n) is 4.55. The summed E-state index contributed by atoms with van der Waals surface area (Å²) in [5, 5.41) is 1.37. The summed E-state index contributed by atoms with van der Waals surface area (Å²) in [7, 11) is 1.59. The number of thioether (sulfide) groups is 1. The van der Waals surface area contributed by atoms with Crippen LogP contribution in [-0.4, -0.2) is 34.3 Å². The van der Waals surface area contributed by atoms with E-state index in [2.05, 4.69) is 0 Å². The van der Waals surface area contributed by atoms with E-state index >= 15 is 0 Å². The minimum atomic E-state index is -0.401. The second kappa shape index (κ2) is 8.78. The molecule has 0 aliphatic rings. The lowest BCUT2D eigenvalue weighted by molar-refractivity contribution is 0.0994. The number of carbonyl (C=O) groups is 1. The standard InChI is InChI=1S/C20H21ClN2O3S2/c1-11-12(2)27-18-16(11)19(25)23(9-10-26-4)20(22-18)28-13(3)17(24)14-5-7-15(21)8-6-14/h5-8,13H,9-10H2,1-4H3. The van der Waals surface area contributed by atoms with Gasteiger partial charge in [0.1, 0.15) is 4.83 Å². The first-order valence-corrected chi connectivity index (χ1v) is 10.9. The van der Waals surface area contributed by atoms with Crippen LogP contribution in [0.15, 0.2) is 34.2 Å². The second-order valence-electron chi connectivity index (χ2n) is 6.44. The number of methoxy groups -OCH3 is 1. The molecule has 2 heterocycles. The maximum Gasteiger partial charge on any atom is 0.263 e. The highest BCUT2D eigenvalue weighted by Gasteiger charge is 2.22. The number of hydrogen-bond acceptors (Lipinski definition) is 6. The summed E-state index contributed by atoms with van der Waals surface area (Å²) in [4.78, 5) is 32.4. The molecule has 0 bridgehead atoms. The van der Waals surface area contributed by atoms with Crippen LogP contribution in [0.5, 0.6) is 0 Å². The van der Waals surface area contributed by atoms with E-state index in [1.807, 2.05) is 20.8 Å². The van der Waals surface area contributed by atoms with Crippen molar-refractivity contribution in [2.24, 2.45) is 0 Å². The fraction of sp³-hybridized carbons (Fsp3) is 0.350. The van der Waals surface area contributed by atoms with Crippen LogP contribution in [0.25, 0.3) is 10.2 Å². The van der Waals surface area contributed by atoms with Crippen molar-refractivity contribution in [1.29, 1.82) is 0 Å². The van der Waals surface area contributed by atoms with Crippen LogP contribution in [0.2, 0.25) is 5.02 Å². The number of aryl methyl sites for hydroxylation is 2. The highest BCUT2D eigenvalue weighted by Crippen LogP contribution is 2.30. The van der Waals surface area contributed by atoms with Gasteiger partial charge in [-0.3, -0.25) is 14.2 Å². The molecule has 0 aliphatic heterocycles. The van der Waals surface area contributed by atoms with E-state index in [4.69, 9.17) is 21.3 Å². The van der Waals surface area contributed by atoms with Crippen LogP contribution in [0.3, 0.4) is 0 Å². The SMILES string of the molecule is COCCn1c(SC(C)C(=O)c2ccc(Cl)cc2)nc2sc(C)c(C)c2c1=O. The van der Waals surface area contributed by atoms with Crippen LogP contribution in [0.4, 0.5) is 0 Å². The number of benzene rings is 1. The number of thiophene rings is 1. The number of hydrogen-bond donors (Lipinski definition) is 0. The van der Waals surface area contributed by atoms with Crippen LogP contribution in [0, 0.1) is 13.8 Å². The van der Waals surface area contributed by atoms with Crippen molar-refractivity contribution in [3.63, 3.8) is 0 Å². The zero-order valence-electron chi connectivity index (χ0n) is 16.1. The summed E-state index contributed by atoms with van der Waals surface area (Å²) in [6.45, 7) is 6.53. The quantitative estimate of drug-likeness (QED) is 0.304. The van der Waals surface area contributed by atoms with Crippen molar-refractivity contribution in [2.75, 3.05) is 13.7 Å². The molecule has 0 saturated heterocycles. The maximum absolute atomic E-state index is 13.1. The van der Waals surface area contributed by atoms with Gasteiger partial charge >= 0.3 is 0 Å². The predicted octanol–water partition coefficient (Wildman–Crippen LogP) is 4.74. The summed E-state index contributed by atoms with van der Waals surface area (Å²) in [6, 6.07) is 6.81. The molecule has 0 radical (unpaired) electrons. The van der Waals surface area contributed by atoms with E-state index in [1.54, 1.807) is 35.9 Å². The average molecular weight is 437 g/mol. The first-order chi connectivity index (χ1) is 13.3. The van der Waals surface area contributed by atoms with Crippen LogP contribution >= 0.6 is 34.7 Å². The molecule has 0 spiro atoms. The zero-order chi connectivity index (χ0) is 20.4. The Balaban J connectivity index is 1.99. The topological polar surface area (TPSA) is 61.2 Å². The zero-order valence-corrected chi connectivity index (χ0v) is 18.5. The summed E-state index contributed by atoms with van der Waals surface area (Å²) < 4.78 is 6.78. The Morgan fingerprint density at radius 2 is 2.00 bits per heavy atom. The van der Waals surface area contributed by atoms with Crippen LogP contribution in [0.1, 0.15) is 27.7 Å². The third-order valence-corrected chi connectivity index (χ3v) is 7.00. The molecule has 1 atom stereocenters. The predicted molar refractivity (Wildman–Crippen MR) is 116 cm³/mol. The number of ketones is 1. The lowest BCUT2D eigenvalue weighted by atomic mass is 10.1. The molecule has 0 aliphatic carbocycles. The number of halogens is 1. The number of fused-ring (bicyclic) bond motifs is 1. The second-order valence-corrected chi connectivity index (χ2v) is 9.39. The molecule has 2 aromatic heterocycles. The molecule has 8 heteroatoms. The summed E-state index contributed by atoms with van der Waals surface area (Å²) >= 11 is 8.70. The normalized spacial score (nSPS) is 12.5. The van der Waals surface area contributed by atoms with Gasteiger partial charge in [0.05, 0.1) is 23.8 Å². The highest BCUT2D eigenvalue weighted by molar-refractivity contribution is 8.00. The van der Waals surface area contributed by atoms with E-state index in [-0.39, 0.29) is 11.3 Å². The number of ether oxygens (including phenoxy) is 1. The number of aromatic nitrogens is 2. The number of nitrogens with zero attached hydrogens (tertiary/aromatic N) is 2. The number of rotatable bonds is 7. The van der Waals surface area contributed by atoms with E-state index in [9.17, 15) is 9.59 Å². The van der Waals surface area contributed by atoms with Crippen LogP contribution < -0.4 is 5.56 Å². The van der Waals surface area contributed by atoms with Gasteiger partial charge in [0.2, 0.25) is 0 Å².